The van der Waals surface area contributed by atoms with Gasteiger partial charge in [-0.25, -0.2) is 11.0 Å². The number of rotatable bonds is 7. The van der Waals surface area contributed by atoms with Crippen molar-refractivity contribution in [1.82, 2.24) is 24.8 Å². The van der Waals surface area contributed by atoms with Crippen molar-refractivity contribution in [3.63, 3.8) is 0 Å². The van der Waals surface area contributed by atoms with Gasteiger partial charge in [-0.15, -0.1) is 0 Å². The average Bonchev–Trinajstić information content (AvgIpc) is 3.63. The number of benzene rings is 1. The number of ether oxygens (including phenoxy) is 1. The van der Waals surface area contributed by atoms with Crippen LogP contribution in [0.3, 0.4) is 0 Å². The Hall–Kier alpha value is -4.10. The van der Waals surface area contributed by atoms with E-state index in [4.69, 9.17) is 21.3 Å². The molecule has 0 radical (unpaired) electrons. The van der Waals surface area contributed by atoms with Crippen LogP contribution in [0.4, 0.5) is 10.2 Å². The Kier molecular flexibility index (Phi) is 7.67. The second kappa shape index (κ2) is 11.8. The van der Waals surface area contributed by atoms with Gasteiger partial charge >= 0.3 is 6.01 Å². The van der Waals surface area contributed by atoms with Gasteiger partial charge in [0.25, 0.3) is 5.91 Å². The molecule has 44 heavy (non-hydrogen) atoms. The minimum absolute atomic E-state index is 0.0522. The number of carbonyl (C=O) groups excluding carboxylic acids is 1. The van der Waals surface area contributed by atoms with E-state index in [0.717, 1.165) is 60.8 Å². The maximum atomic E-state index is 13.8. The van der Waals surface area contributed by atoms with E-state index in [2.05, 4.69) is 44.4 Å². The summed E-state index contributed by atoms with van der Waals surface area (Å²) in [6, 6.07) is 6.13. The molecule has 5 heterocycles. The molecule has 0 unspecified atom stereocenters. The number of halogens is 1. The summed E-state index contributed by atoms with van der Waals surface area (Å²) < 4.78 is 20.3. The van der Waals surface area contributed by atoms with Crippen LogP contribution in [0.25, 0.3) is 26.9 Å². The highest BCUT2D eigenvalue weighted by molar-refractivity contribution is 5.94. The molecule has 7 rings (SSSR count). The minimum atomic E-state index is -1.01. The van der Waals surface area contributed by atoms with Gasteiger partial charge in [0, 0.05) is 43.0 Å². The first kappa shape index (κ1) is 28.7. The van der Waals surface area contributed by atoms with E-state index in [9.17, 15) is 9.18 Å². The standard InChI is InChI=1S/C34H38FN7O2/c1-23(35)32(43)42-16-15-40(21-26(42)19-36-2)31-28-10-9-24(29-20-37-18-25-7-3-4-8-27(25)29)17-30(28)38-33(39-31)44-22-34-11-5-13-41(34)14-6-12-34/h9-10,17-18,20,26H,1,3-8,11-16,19,21-22H2/t26-/m0/s1. The van der Waals surface area contributed by atoms with E-state index in [1.807, 2.05) is 12.4 Å². The molecular weight excluding hydrogens is 557 g/mol. The summed E-state index contributed by atoms with van der Waals surface area (Å²) in [5.41, 5.74) is 5.74. The lowest BCUT2D eigenvalue weighted by atomic mass is 9.87. The molecule has 0 saturated carbocycles. The lowest BCUT2D eigenvalue weighted by molar-refractivity contribution is -0.131. The molecule has 3 saturated heterocycles. The van der Waals surface area contributed by atoms with E-state index in [0.29, 0.717) is 31.5 Å². The fraction of sp³-hybridized carbons (Fsp3) is 0.500. The Morgan fingerprint density at radius 1 is 1.09 bits per heavy atom. The first-order valence-electron chi connectivity index (χ1n) is 15.8. The summed E-state index contributed by atoms with van der Waals surface area (Å²) in [4.78, 5) is 36.6. The normalized spacial score (nSPS) is 21.1. The van der Waals surface area contributed by atoms with Crippen molar-refractivity contribution in [3.8, 4) is 17.1 Å². The molecule has 3 aliphatic heterocycles. The number of amides is 1. The molecule has 3 fully saturated rings. The van der Waals surface area contributed by atoms with Gasteiger partial charge in [-0.05, 0) is 93.3 Å². The van der Waals surface area contributed by atoms with Gasteiger partial charge in [0.2, 0.25) is 6.54 Å². The fourth-order valence-electron chi connectivity index (χ4n) is 7.86. The number of hydrogen-bond acceptors (Lipinski definition) is 7. The molecule has 0 bridgehead atoms. The molecule has 2 aromatic heterocycles. The molecule has 4 aliphatic rings. The third-order valence-corrected chi connectivity index (χ3v) is 10.1. The van der Waals surface area contributed by atoms with E-state index >= 15 is 0 Å². The zero-order valence-corrected chi connectivity index (χ0v) is 25.1. The van der Waals surface area contributed by atoms with Crippen molar-refractivity contribution in [2.45, 2.75) is 62.9 Å². The molecule has 1 amide bonds. The number of piperazine rings is 1. The second-order valence-corrected chi connectivity index (χ2v) is 12.6. The number of aryl methyl sites for hydroxylation is 1. The summed E-state index contributed by atoms with van der Waals surface area (Å²) >= 11 is 0. The number of aromatic nitrogens is 3. The quantitative estimate of drug-likeness (QED) is 0.281. The number of carbonyl (C=O) groups is 1. The van der Waals surface area contributed by atoms with Crippen LogP contribution < -0.4 is 9.64 Å². The molecule has 1 aliphatic carbocycles. The SMILES string of the molecule is [C-]#[N+]C[C@H]1CN(c2nc(OCC34CCCN3CCC4)nc3cc(-c4cncc5c4CCCC5)ccc23)CCN1C(=O)C(=C)F. The second-order valence-electron chi connectivity index (χ2n) is 12.6. The zero-order chi connectivity index (χ0) is 30.3. The first-order valence-corrected chi connectivity index (χ1v) is 15.8. The molecule has 1 atom stereocenters. The lowest BCUT2D eigenvalue weighted by Gasteiger charge is -2.39. The average molecular weight is 596 g/mol. The predicted octanol–water partition coefficient (Wildman–Crippen LogP) is 5.00. The van der Waals surface area contributed by atoms with Crippen LogP contribution in [-0.2, 0) is 17.6 Å². The maximum absolute atomic E-state index is 13.8. The Labute approximate surface area is 257 Å². The van der Waals surface area contributed by atoms with Crippen LogP contribution in [0.5, 0.6) is 6.01 Å². The first-order chi connectivity index (χ1) is 21.5. The number of fused-ring (bicyclic) bond motifs is 3. The summed E-state index contributed by atoms with van der Waals surface area (Å²) in [7, 11) is 0. The van der Waals surface area contributed by atoms with Crippen LogP contribution in [0.1, 0.15) is 49.7 Å². The molecule has 0 N–H and O–H groups in total. The van der Waals surface area contributed by atoms with Crippen molar-refractivity contribution >= 4 is 22.6 Å². The van der Waals surface area contributed by atoms with Crippen LogP contribution in [-0.4, -0.2) is 88.1 Å². The maximum Gasteiger partial charge on any atom is 0.319 e. The van der Waals surface area contributed by atoms with Gasteiger partial charge in [-0.2, -0.15) is 9.97 Å². The van der Waals surface area contributed by atoms with Gasteiger partial charge < -0.3 is 19.4 Å². The van der Waals surface area contributed by atoms with E-state index in [-0.39, 0.29) is 18.6 Å². The molecule has 3 aromatic rings. The summed E-state index contributed by atoms with van der Waals surface area (Å²) in [5, 5.41) is 0.872. The minimum Gasteiger partial charge on any atom is -0.461 e. The number of anilines is 1. The highest BCUT2D eigenvalue weighted by atomic mass is 19.1. The highest BCUT2D eigenvalue weighted by Gasteiger charge is 2.45. The van der Waals surface area contributed by atoms with Crippen LogP contribution in [0.15, 0.2) is 43.0 Å². The molecular formula is C34H38FN7O2. The van der Waals surface area contributed by atoms with Crippen LogP contribution in [0.2, 0.25) is 0 Å². The third kappa shape index (κ3) is 5.17. The monoisotopic (exact) mass is 595 g/mol. The predicted molar refractivity (Wildman–Crippen MR) is 167 cm³/mol. The summed E-state index contributed by atoms with van der Waals surface area (Å²) in [6.45, 7) is 14.6. The van der Waals surface area contributed by atoms with Crippen molar-refractivity contribution in [2.75, 3.05) is 50.8 Å². The highest BCUT2D eigenvalue weighted by Crippen LogP contribution is 2.40. The zero-order valence-electron chi connectivity index (χ0n) is 25.1. The largest absolute Gasteiger partial charge is 0.461 e. The van der Waals surface area contributed by atoms with Crippen molar-refractivity contribution in [3.05, 3.63) is 65.5 Å². The van der Waals surface area contributed by atoms with Gasteiger partial charge in [-0.1, -0.05) is 12.6 Å². The number of nitrogens with zero attached hydrogens (tertiary/aromatic N) is 7. The molecule has 10 heteroatoms. The van der Waals surface area contributed by atoms with Gasteiger partial charge in [-0.3, -0.25) is 14.7 Å². The Morgan fingerprint density at radius 3 is 2.70 bits per heavy atom. The van der Waals surface area contributed by atoms with Gasteiger partial charge in [0.1, 0.15) is 18.5 Å². The Balaban J connectivity index is 1.27. The molecule has 228 valence electrons. The number of pyridine rings is 1. The Morgan fingerprint density at radius 2 is 1.91 bits per heavy atom. The fourth-order valence-corrected chi connectivity index (χ4v) is 7.86. The van der Waals surface area contributed by atoms with Crippen LogP contribution >= 0.6 is 0 Å². The topological polar surface area (TPSA) is 79.1 Å². The Bertz CT molecular complexity index is 1640. The smallest absolute Gasteiger partial charge is 0.319 e. The number of hydrogen-bond donors (Lipinski definition) is 0. The molecule has 9 nitrogen and oxygen atoms in total. The molecule has 0 spiro atoms. The molecule has 1 aromatic carbocycles. The summed E-state index contributed by atoms with van der Waals surface area (Å²) in [5.74, 6) is -1.05. The van der Waals surface area contributed by atoms with Crippen molar-refractivity contribution in [2.24, 2.45) is 0 Å². The van der Waals surface area contributed by atoms with Gasteiger partial charge in [0.15, 0.2) is 5.83 Å². The van der Waals surface area contributed by atoms with E-state index < -0.39 is 17.8 Å². The lowest BCUT2D eigenvalue weighted by Crippen LogP contribution is -2.56. The van der Waals surface area contributed by atoms with E-state index in [1.165, 1.54) is 41.7 Å². The van der Waals surface area contributed by atoms with Crippen LogP contribution in [0, 0.1) is 6.57 Å². The summed E-state index contributed by atoms with van der Waals surface area (Å²) in [6.07, 6.45) is 13.0. The third-order valence-electron chi connectivity index (χ3n) is 10.1. The van der Waals surface area contributed by atoms with Gasteiger partial charge in [0.05, 0.1) is 11.1 Å². The van der Waals surface area contributed by atoms with E-state index in [1.54, 1.807) is 0 Å². The van der Waals surface area contributed by atoms with Crippen molar-refractivity contribution in [1.29, 1.82) is 0 Å². The van der Waals surface area contributed by atoms with Crippen molar-refractivity contribution < 1.29 is 13.9 Å².